The van der Waals surface area contributed by atoms with Crippen LogP contribution in [0.4, 0.5) is 5.69 Å². The fourth-order valence-corrected chi connectivity index (χ4v) is 2.23. The molecule has 1 aromatic carbocycles. The maximum Gasteiger partial charge on any atom is 0.251 e. The fourth-order valence-electron chi connectivity index (χ4n) is 2.23. The van der Waals surface area contributed by atoms with Crippen LogP contribution in [0.3, 0.4) is 0 Å². The standard InChI is InChI=1S/C15H20N2O2/c1-19-14-9-12(7-8-13(14)16)15(18)17-10-11-5-3-2-4-6-11/h2-3,7-9,11H,4-6,10,16H2,1H3,(H,17,18). The Labute approximate surface area is 113 Å². The summed E-state index contributed by atoms with van der Waals surface area (Å²) >= 11 is 0. The Bertz CT molecular complexity index is 483. The van der Waals surface area contributed by atoms with Crippen LogP contribution in [0.15, 0.2) is 30.4 Å². The molecule has 0 fully saturated rings. The predicted molar refractivity (Wildman–Crippen MR) is 76.2 cm³/mol. The molecule has 1 atom stereocenters. The molecule has 3 N–H and O–H groups in total. The van der Waals surface area contributed by atoms with Gasteiger partial charge in [-0.15, -0.1) is 0 Å². The summed E-state index contributed by atoms with van der Waals surface area (Å²) < 4.78 is 5.12. The number of hydrogen-bond acceptors (Lipinski definition) is 3. The van der Waals surface area contributed by atoms with Crippen LogP contribution in [-0.4, -0.2) is 19.6 Å². The zero-order valence-corrected chi connectivity index (χ0v) is 11.2. The van der Waals surface area contributed by atoms with Crippen LogP contribution in [0.1, 0.15) is 29.6 Å². The number of rotatable bonds is 4. The van der Waals surface area contributed by atoms with E-state index in [1.165, 1.54) is 0 Å². The Balaban J connectivity index is 1.94. The first-order chi connectivity index (χ1) is 9.20. The number of hydrogen-bond donors (Lipinski definition) is 2. The van der Waals surface area contributed by atoms with Crippen molar-refractivity contribution in [3.63, 3.8) is 0 Å². The van der Waals surface area contributed by atoms with Crippen LogP contribution >= 0.6 is 0 Å². The van der Waals surface area contributed by atoms with Gasteiger partial charge in [0.1, 0.15) is 5.75 Å². The molecule has 0 heterocycles. The van der Waals surface area contributed by atoms with Crippen LogP contribution < -0.4 is 15.8 Å². The van der Waals surface area contributed by atoms with E-state index in [0.717, 1.165) is 25.8 Å². The van der Waals surface area contributed by atoms with Crippen LogP contribution in [0, 0.1) is 5.92 Å². The van der Waals surface area contributed by atoms with Crippen molar-refractivity contribution in [1.29, 1.82) is 0 Å². The molecule has 1 aliphatic carbocycles. The van der Waals surface area contributed by atoms with Gasteiger partial charge >= 0.3 is 0 Å². The molecule has 0 saturated heterocycles. The number of allylic oxidation sites excluding steroid dienone is 2. The summed E-state index contributed by atoms with van der Waals surface area (Å²) in [6.07, 6.45) is 7.68. The largest absolute Gasteiger partial charge is 0.495 e. The van der Waals surface area contributed by atoms with Gasteiger partial charge < -0.3 is 15.8 Å². The normalized spacial score (nSPS) is 18.1. The molecule has 0 spiro atoms. The molecule has 102 valence electrons. The quantitative estimate of drug-likeness (QED) is 0.645. The number of anilines is 1. The number of benzene rings is 1. The summed E-state index contributed by atoms with van der Waals surface area (Å²) in [5.74, 6) is 1.01. The van der Waals surface area contributed by atoms with Crippen molar-refractivity contribution in [3.8, 4) is 5.75 Å². The first-order valence-corrected chi connectivity index (χ1v) is 6.57. The van der Waals surface area contributed by atoms with E-state index in [4.69, 9.17) is 10.5 Å². The topological polar surface area (TPSA) is 64.3 Å². The van der Waals surface area contributed by atoms with Gasteiger partial charge in [-0.1, -0.05) is 12.2 Å². The lowest BCUT2D eigenvalue weighted by Gasteiger charge is -2.18. The minimum Gasteiger partial charge on any atom is -0.495 e. The minimum absolute atomic E-state index is 0.0761. The highest BCUT2D eigenvalue weighted by atomic mass is 16.5. The van der Waals surface area contributed by atoms with E-state index in [9.17, 15) is 4.79 Å². The van der Waals surface area contributed by atoms with Gasteiger partial charge in [0, 0.05) is 12.1 Å². The molecule has 0 bridgehead atoms. The number of nitrogen functional groups attached to an aromatic ring is 1. The Morgan fingerprint density at radius 3 is 3.00 bits per heavy atom. The minimum atomic E-state index is -0.0761. The lowest BCUT2D eigenvalue weighted by atomic mass is 9.94. The third-order valence-corrected chi connectivity index (χ3v) is 3.42. The zero-order chi connectivity index (χ0) is 13.7. The summed E-state index contributed by atoms with van der Waals surface area (Å²) in [5.41, 5.74) is 6.85. The van der Waals surface area contributed by atoms with Crippen molar-refractivity contribution < 1.29 is 9.53 Å². The number of ether oxygens (including phenoxy) is 1. The highest BCUT2D eigenvalue weighted by molar-refractivity contribution is 5.95. The van der Waals surface area contributed by atoms with E-state index in [2.05, 4.69) is 17.5 Å². The van der Waals surface area contributed by atoms with Gasteiger partial charge in [0.05, 0.1) is 12.8 Å². The van der Waals surface area contributed by atoms with Crippen molar-refractivity contribution in [1.82, 2.24) is 5.32 Å². The van der Waals surface area contributed by atoms with Crippen molar-refractivity contribution in [2.75, 3.05) is 19.4 Å². The van der Waals surface area contributed by atoms with E-state index in [-0.39, 0.29) is 5.91 Å². The second kappa shape index (κ2) is 6.27. The molecule has 1 aromatic rings. The van der Waals surface area contributed by atoms with E-state index in [1.807, 2.05) is 0 Å². The Hall–Kier alpha value is -1.97. The van der Waals surface area contributed by atoms with Gasteiger partial charge in [0.15, 0.2) is 0 Å². The van der Waals surface area contributed by atoms with E-state index >= 15 is 0 Å². The van der Waals surface area contributed by atoms with Crippen LogP contribution in [0.5, 0.6) is 5.75 Å². The Morgan fingerprint density at radius 1 is 1.47 bits per heavy atom. The number of amides is 1. The summed E-state index contributed by atoms with van der Waals surface area (Å²) in [5, 5.41) is 2.97. The Morgan fingerprint density at radius 2 is 2.32 bits per heavy atom. The third kappa shape index (κ3) is 3.50. The summed E-state index contributed by atoms with van der Waals surface area (Å²) in [4.78, 5) is 12.0. The number of nitrogens with one attached hydrogen (secondary N) is 1. The molecule has 1 unspecified atom stereocenters. The highest BCUT2D eigenvalue weighted by Gasteiger charge is 2.13. The van der Waals surface area contributed by atoms with Crippen molar-refractivity contribution in [2.24, 2.45) is 5.92 Å². The van der Waals surface area contributed by atoms with E-state index in [1.54, 1.807) is 25.3 Å². The van der Waals surface area contributed by atoms with Gasteiger partial charge in [-0.25, -0.2) is 0 Å². The first-order valence-electron chi connectivity index (χ1n) is 6.57. The first kappa shape index (κ1) is 13.5. The number of methoxy groups -OCH3 is 1. The van der Waals surface area contributed by atoms with Gasteiger partial charge in [0.25, 0.3) is 5.91 Å². The SMILES string of the molecule is COc1cc(C(=O)NCC2CC=CCC2)ccc1N. The molecule has 0 radical (unpaired) electrons. The summed E-state index contributed by atoms with van der Waals surface area (Å²) in [7, 11) is 1.54. The molecule has 4 nitrogen and oxygen atoms in total. The third-order valence-electron chi connectivity index (χ3n) is 3.42. The monoisotopic (exact) mass is 260 g/mol. The molecule has 2 rings (SSSR count). The van der Waals surface area contributed by atoms with Gasteiger partial charge in [-0.05, 0) is 43.4 Å². The van der Waals surface area contributed by atoms with E-state index in [0.29, 0.717) is 22.9 Å². The smallest absolute Gasteiger partial charge is 0.251 e. The molecule has 1 aliphatic rings. The molecule has 0 aromatic heterocycles. The lowest BCUT2D eigenvalue weighted by Crippen LogP contribution is -2.29. The second-order valence-corrected chi connectivity index (χ2v) is 4.82. The van der Waals surface area contributed by atoms with Crippen molar-refractivity contribution in [3.05, 3.63) is 35.9 Å². The van der Waals surface area contributed by atoms with E-state index < -0.39 is 0 Å². The highest BCUT2D eigenvalue weighted by Crippen LogP contribution is 2.22. The lowest BCUT2D eigenvalue weighted by molar-refractivity contribution is 0.0946. The molecular weight excluding hydrogens is 240 g/mol. The molecule has 1 amide bonds. The second-order valence-electron chi connectivity index (χ2n) is 4.82. The zero-order valence-electron chi connectivity index (χ0n) is 11.2. The molecule has 4 heteroatoms. The average Bonchev–Trinajstić information content (AvgIpc) is 2.46. The summed E-state index contributed by atoms with van der Waals surface area (Å²) in [6, 6.07) is 5.08. The van der Waals surface area contributed by atoms with Gasteiger partial charge in [-0.2, -0.15) is 0 Å². The molecule has 0 saturated carbocycles. The molecular formula is C15H20N2O2. The summed E-state index contributed by atoms with van der Waals surface area (Å²) in [6.45, 7) is 0.718. The molecule has 0 aliphatic heterocycles. The number of carbonyl (C=O) groups is 1. The van der Waals surface area contributed by atoms with Crippen LogP contribution in [-0.2, 0) is 0 Å². The molecule has 19 heavy (non-hydrogen) atoms. The maximum absolute atomic E-state index is 12.0. The number of carbonyl (C=O) groups excluding carboxylic acids is 1. The van der Waals surface area contributed by atoms with Crippen molar-refractivity contribution >= 4 is 11.6 Å². The van der Waals surface area contributed by atoms with Crippen molar-refractivity contribution in [2.45, 2.75) is 19.3 Å². The number of nitrogens with two attached hydrogens (primary N) is 1. The van der Waals surface area contributed by atoms with Gasteiger partial charge in [0.2, 0.25) is 0 Å². The average molecular weight is 260 g/mol. The fraction of sp³-hybridized carbons (Fsp3) is 0.400. The van der Waals surface area contributed by atoms with Crippen LogP contribution in [0.25, 0.3) is 0 Å². The Kier molecular flexibility index (Phi) is 4.44. The maximum atomic E-state index is 12.0. The van der Waals surface area contributed by atoms with Crippen LogP contribution in [0.2, 0.25) is 0 Å². The van der Waals surface area contributed by atoms with Gasteiger partial charge in [-0.3, -0.25) is 4.79 Å². The predicted octanol–water partition coefficient (Wildman–Crippen LogP) is 2.36.